The quantitative estimate of drug-likeness (QED) is 0.945. The number of hydrogen-bond acceptors (Lipinski definition) is 4. The van der Waals surface area contributed by atoms with Gasteiger partial charge in [0.05, 0.1) is 5.69 Å². The summed E-state index contributed by atoms with van der Waals surface area (Å²) >= 11 is 3.43. The summed E-state index contributed by atoms with van der Waals surface area (Å²) in [5.74, 6) is 1.03. The Kier molecular flexibility index (Phi) is 3.71. The smallest absolute Gasteiger partial charge is 0.157 e. The standard InChI is InChI=1S/C12H12BrN3O/c1-17-7-12-15-10(6-11(14)16-12)8-3-2-4-9(13)5-8/h2-6H,7H2,1H3,(H2,14,15,16). The number of benzene rings is 1. The molecule has 2 aromatic rings. The summed E-state index contributed by atoms with van der Waals surface area (Å²) in [5.41, 5.74) is 7.54. The fourth-order valence-corrected chi connectivity index (χ4v) is 1.91. The van der Waals surface area contributed by atoms with Gasteiger partial charge < -0.3 is 10.5 Å². The number of aromatic nitrogens is 2. The molecule has 0 amide bonds. The maximum Gasteiger partial charge on any atom is 0.157 e. The summed E-state index contributed by atoms with van der Waals surface area (Å²) in [6.07, 6.45) is 0. The highest BCUT2D eigenvalue weighted by Crippen LogP contribution is 2.22. The molecule has 88 valence electrons. The zero-order valence-corrected chi connectivity index (χ0v) is 10.9. The summed E-state index contributed by atoms with van der Waals surface area (Å²) in [4.78, 5) is 8.50. The summed E-state index contributed by atoms with van der Waals surface area (Å²) in [7, 11) is 1.60. The van der Waals surface area contributed by atoms with Crippen LogP contribution >= 0.6 is 15.9 Å². The molecule has 0 aliphatic carbocycles. The van der Waals surface area contributed by atoms with Gasteiger partial charge in [-0.1, -0.05) is 28.1 Å². The number of anilines is 1. The fraction of sp³-hybridized carbons (Fsp3) is 0.167. The second-order valence-electron chi connectivity index (χ2n) is 3.54. The third-order valence-electron chi connectivity index (χ3n) is 2.19. The van der Waals surface area contributed by atoms with Crippen LogP contribution in [0.4, 0.5) is 5.82 Å². The van der Waals surface area contributed by atoms with Crippen LogP contribution in [0.3, 0.4) is 0 Å². The van der Waals surface area contributed by atoms with E-state index in [-0.39, 0.29) is 0 Å². The van der Waals surface area contributed by atoms with Gasteiger partial charge in [0.25, 0.3) is 0 Å². The number of nitrogens with zero attached hydrogens (tertiary/aromatic N) is 2. The molecule has 4 nitrogen and oxygen atoms in total. The fourth-order valence-electron chi connectivity index (χ4n) is 1.51. The van der Waals surface area contributed by atoms with Gasteiger partial charge >= 0.3 is 0 Å². The topological polar surface area (TPSA) is 61.0 Å². The van der Waals surface area contributed by atoms with Gasteiger partial charge in [-0.25, -0.2) is 9.97 Å². The molecule has 2 rings (SSSR count). The molecule has 0 spiro atoms. The molecule has 1 heterocycles. The second kappa shape index (κ2) is 5.25. The Morgan fingerprint density at radius 2 is 2.12 bits per heavy atom. The first-order valence-electron chi connectivity index (χ1n) is 5.07. The molecule has 1 aromatic carbocycles. The molecule has 0 radical (unpaired) electrons. The number of nitrogens with two attached hydrogens (primary N) is 1. The first kappa shape index (κ1) is 12.0. The van der Waals surface area contributed by atoms with Crippen molar-refractivity contribution >= 4 is 21.7 Å². The van der Waals surface area contributed by atoms with Crippen molar-refractivity contribution in [1.82, 2.24) is 9.97 Å². The van der Waals surface area contributed by atoms with Gasteiger partial charge in [-0.15, -0.1) is 0 Å². The molecule has 0 bridgehead atoms. The predicted octanol–water partition coefficient (Wildman–Crippen LogP) is 2.63. The molecule has 0 aliphatic rings. The van der Waals surface area contributed by atoms with Gasteiger partial charge in [0.1, 0.15) is 12.4 Å². The molecule has 17 heavy (non-hydrogen) atoms. The van der Waals surface area contributed by atoms with Crippen molar-refractivity contribution < 1.29 is 4.74 Å². The van der Waals surface area contributed by atoms with Gasteiger partial charge in [-0.05, 0) is 12.1 Å². The van der Waals surface area contributed by atoms with Crippen molar-refractivity contribution in [3.8, 4) is 11.3 Å². The lowest BCUT2D eigenvalue weighted by Crippen LogP contribution is -2.02. The third-order valence-corrected chi connectivity index (χ3v) is 2.68. The number of halogens is 1. The van der Waals surface area contributed by atoms with Gasteiger partial charge in [-0.3, -0.25) is 0 Å². The average Bonchev–Trinajstić information content (AvgIpc) is 2.28. The minimum absolute atomic E-state index is 0.353. The van der Waals surface area contributed by atoms with E-state index in [1.165, 1.54) is 0 Å². The van der Waals surface area contributed by atoms with Crippen molar-refractivity contribution in [1.29, 1.82) is 0 Å². The molecule has 1 aromatic heterocycles. The Morgan fingerprint density at radius 1 is 1.29 bits per heavy atom. The maximum atomic E-state index is 5.75. The number of nitrogen functional groups attached to an aromatic ring is 1. The first-order chi connectivity index (χ1) is 8.19. The minimum Gasteiger partial charge on any atom is -0.384 e. The molecule has 0 saturated heterocycles. The van der Waals surface area contributed by atoms with E-state index in [1.54, 1.807) is 13.2 Å². The van der Waals surface area contributed by atoms with E-state index < -0.39 is 0 Å². The lowest BCUT2D eigenvalue weighted by atomic mass is 10.1. The van der Waals surface area contributed by atoms with Crippen molar-refractivity contribution in [2.45, 2.75) is 6.61 Å². The van der Waals surface area contributed by atoms with E-state index in [9.17, 15) is 0 Å². The predicted molar refractivity (Wildman–Crippen MR) is 70.3 cm³/mol. The van der Waals surface area contributed by atoms with Gasteiger partial charge in [0.2, 0.25) is 0 Å². The van der Waals surface area contributed by atoms with Crippen LogP contribution in [0.25, 0.3) is 11.3 Å². The Morgan fingerprint density at radius 3 is 2.82 bits per heavy atom. The average molecular weight is 294 g/mol. The molecule has 5 heteroatoms. The normalized spacial score (nSPS) is 10.5. The van der Waals surface area contributed by atoms with Gasteiger partial charge in [-0.2, -0.15) is 0 Å². The maximum absolute atomic E-state index is 5.75. The molecule has 0 unspecified atom stereocenters. The van der Waals surface area contributed by atoms with Crippen molar-refractivity contribution in [3.63, 3.8) is 0 Å². The van der Waals surface area contributed by atoms with E-state index in [1.807, 2.05) is 24.3 Å². The third kappa shape index (κ3) is 3.01. The molecular weight excluding hydrogens is 282 g/mol. The van der Waals surface area contributed by atoms with E-state index >= 15 is 0 Å². The number of rotatable bonds is 3. The van der Waals surface area contributed by atoms with E-state index in [2.05, 4.69) is 25.9 Å². The zero-order chi connectivity index (χ0) is 12.3. The Balaban J connectivity index is 2.44. The van der Waals surface area contributed by atoms with Crippen LogP contribution in [0.2, 0.25) is 0 Å². The largest absolute Gasteiger partial charge is 0.384 e. The molecule has 0 atom stereocenters. The molecule has 2 N–H and O–H groups in total. The van der Waals surface area contributed by atoms with Crippen molar-refractivity contribution in [2.75, 3.05) is 12.8 Å². The summed E-state index contributed by atoms with van der Waals surface area (Å²) < 4.78 is 6.01. The highest BCUT2D eigenvalue weighted by Gasteiger charge is 2.05. The monoisotopic (exact) mass is 293 g/mol. The zero-order valence-electron chi connectivity index (χ0n) is 9.35. The Bertz CT molecular complexity index is 531. The minimum atomic E-state index is 0.353. The Labute approximate surface area is 108 Å². The summed E-state index contributed by atoms with van der Waals surface area (Å²) in [6.45, 7) is 0.353. The van der Waals surface area contributed by atoms with Crippen LogP contribution in [0, 0.1) is 0 Å². The van der Waals surface area contributed by atoms with Crippen LogP contribution in [0.1, 0.15) is 5.82 Å². The molecule has 0 saturated carbocycles. The van der Waals surface area contributed by atoms with Gasteiger partial charge in [0, 0.05) is 23.2 Å². The van der Waals surface area contributed by atoms with E-state index in [0.29, 0.717) is 18.2 Å². The number of ether oxygens (including phenoxy) is 1. The van der Waals surface area contributed by atoms with Crippen LogP contribution in [-0.2, 0) is 11.3 Å². The van der Waals surface area contributed by atoms with Crippen LogP contribution < -0.4 is 5.73 Å². The first-order valence-corrected chi connectivity index (χ1v) is 5.86. The highest BCUT2D eigenvalue weighted by atomic mass is 79.9. The van der Waals surface area contributed by atoms with Crippen LogP contribution in [0.5, 0.6) is 0 Å². The van der Waals surface area contributed by atoms with Gasteiger partial charge in [0.15, 0.2) is 5.82 Å². The Hall–Kier alpha value is -1.46. The lowest BCUT2D eigenvalue weighted by molar-refractivity contribution is 0.178. The van der Waals surface area contributed by atoms with Crippen molar-refractivity contribution in [3.05, 3.63) is 40.6 Å². The molecular formula is C12H12BrN3O. The van der Waals surface area contributed by atoms with E-state index in [4.69, 9.17) is 10.5 Å². The summed E-state index contributed by atoms with van der Waals surface area (Å²) in [6, 6.07) is 9.63. The van der Waals surface area contributed by atoms with E-state index in [0.717, 1.165) is 15.7 Å². The number of methoxy groups -OCH3 is 1. The summed E-state index contributed by atoms with van der Waals surface area (Å²) in [5, 5.41) is 0. The van der Waals surface area contributed by atoms with Crippen LogP contribution in [0.15, 0.2) is 34.8 Å². The SMILES string of the molecule is COCc1nc(N)cc(-c2cccc(Br)c2)n1. The van der Waals surface area contributed by atoms with Crippen LogP contribution in [-0.4, -0.2) is 17.1 Å². The highest BCUT2D eigenvalue weighted by molar-refractivity contribution is 9.10. The second-order valence-corrected chi connectivity index (χ2v) is 4.45. The lowest BCUT2D eigenvalue weighted by Gasteiger charge is -2.05. The van der Waals surface area contributed by atoms with Crippen molar-refractivity contribution in [2.24, 2.45) is 0 Å². The molecule has 0 fully saturated rings. The molecule has 0 aliphatic heterocycles. The number of hydrogen-bond donors (Lipinski definition) is 1.